The highest BCUT2D eigenvalue weighted by molar-refractivity contribution is 7.91. The van der Waals surface area contributed by atoms with Crippen LogP contribution in [0.25, 0.3) is 0 Å². The van der Waals surface area contributed by atoms with Crippen molar-refractivity contribution in [3.05, 3.63) is 168 Å². The lowest BCUT2D eigenvalue weighted by molar-refractivity contribution is 0.154. The van der Waals surface area contributed by atoms with Crippen LogP contribution in [0.5, 0.6) is 0 Å². The average Bonchev–Trinajstić information content (AvgIpc) is 3.23. The van der Waals surface area contributed by atoms with Crippen molar-refractivity contribution in [1.82, 2.24) is 0 Å². The Kier molecular flexibility index (Phi) is 13.2. The first-order valence-corrected chi connectivity index (χ1v) is 19.7. The van der Waals surface area contributed by atoms with Gasteiger partial charge >= 0.3 is 24.2 Å². The molecule has 6 aromatic carbocycles. The Balaban J connectivity index is 0.983. The molecule has 0 unspecified atom stereocenters. The number of hydrogen-bond donors (Lipinski definition) is 6. The Labute approximate surface area is 340 Å². The number of rotatable bonds is 12. The fourth-order valence-electron chi connectivity index (χ4n) is 5.56. The molecule has 0 aliphatic rings. The van der Waals surface area contributed by atoms with Crippen molar-refractivity contribution in [3.8, 4) is 0 Å². The van der Waals surface area contributed by atoms with Crippen molar-refractivity contribution < 1.29 is 37.1 Å². The number of aryl methyl sites for hydroxylation is 2. The van der Waals surface area contributed by atoms with Crippen LogP contribution in [-0.2, 0) is 32.5 Å². The van der Waals surface area contributed by atoms with Crippen molar-refractivity contribution in [1.29, 1.82) is 0 Å². The lowest BCUT2D eigenvalue weighted by Gasteiger charge is -2.13. The third-order valence-corrected chi connectivity index (χ3v) is 10.5. The number of nitrogens with one attached hydrogen (secondary N) is 6. The van der Waals surface area contributed by atoms with Gasteiger partial charge in [-0.05, 0) is 109 Å². The minimum atomic E-state index is -3.95. The first kappa shape index (κ1) is 41.0. The van der Waals surface area contributed by atoms with Gasteiger partial charge in [0.1, 0.15) is 13.2 Å². The third-order valence-electron chi connectivity index (χ3n) is 8.73. The van der Waals surface area contributed by atoms with E-state index in [1.165, 1.54) is 48.5 Å². The second-order valence-corrected chi connectivity index (χ2v) is 15.1. The van der Waals surface area contributed by atoms with Gasteiger partial charge in [0.2, 0.25) is 9.84 Å². The monoisotopic (exact) mass is 812 g/mol. The molecule has 300 valence electrons. The standard InChI is InChI=1S/C44H40N6O8S/c1-29-13-15-35(25-39(29)49-43(53)57-27-31-9-5-3-6-10-31)47-41(51)45-33-17-21-37(22-18-33)59(55,56)38-23-19-34(20-24-38)46-42(52)48-36-16-14-30(2)40(26-36)50-44(54)58-28-32-11-7-4-8-12-32/h3-26H,27-28H2,1-2H3,(H,49,53)(H,50,54)(H2,45,47,51)(H2,46,48,52). The summed E-state index contributed by atoms with van der Waals surface area (Å²) in [4.78, 5) is 50.3. The molecule has 0 bridgehead atoms. The van der Waals surface area contributed by atoms with E-state index in [4.69, 9.17) is 9.47 Å². The molecule has 0 aliphatic heterocycles. The first-order valence-electron chi connectivity index (χ1n) is 18.2. The maximum atomic E-state index is 13.4. The molecular formula is C44H40N6O8S. The Bertz CT molecular complexity index is 2380. The molecule has 0 heterocycles. The normalized spacial score (nSPS) is 10.7. The van der Waals surface area contributed by atoms with Crippen LogP contribution < -0.4 is 31.9 Å². The van der Waals surface area contributed by atoms with Crippen molar-refractivity contribution >= 4 is 68.2 Å². The predicted molar refractivity (Wildman–Crippen MR) is 226 cm³/mol. The molecule has 15 heteroatoms. The maximum Gasteiger partial charge on any atom is 0.411 e. The van der Waals surface area contributed by atoms with Crippen LogP contribution in [0.4, 0.5) is 53.3 Å². The number of benzene rings is 6. The summed E-state index contributed by atoms with van der Waals surface area (Å²) < 4.78 is 37.4. The van der Waals surface area contributed by atoms with Crippen molar-refractivity contribution in [2.24, 2.45) is 0 Å². The number of ether oxygens (including phenoxy) is 2. The molecule has 59 heavy (non-hydrogen) atoms. The van der Waals surface area contributed by atoms with Gasteiger partial charge in [-0.3, -0.25) is 10.6 Å². The van der Waals surface area contributed by atoms with Crippen molar-refractivity contribution in [2.75, 3.05) is 31.9 Å². The van der Waals surface area contributed by atoms with Gasteiger partial charge in [0.25, 0.3) is 0 Å². The van der Waals surface area contributed by atoms with Gasteiger partial charge in [-0.1, -0.05) is 72.8 Å². The minimum absolute atomic E-state index is 0.0111. The quantitative estimate of drug-likeness (QED) is 0.0703. The molecule has 0 aromatic heterocycles. The SMILES string of the molecule is Cc1ccc(NC(=O)Nc2ccc(S(=O)(=O)c3ccc(NC(=O)Nc4ccc(C)c(NC(=O)OCc5ccccc5)c4)cc3)cc2)cc1NC(=O)OCc1ccccc1. The maximum absolute atomic E-state index is 13.4. The van der Waals surface area contributed by atoms with E-state index in [-0.39, 0.29) is 23.0 Å². The molecule has 14 nitrogen and oxygen atoms in total. The number of urea groups is 2. The van der Waals surface area contributed by atoms with E-state index in [9.17, 15) is 27.6 Å². The van der Waals surface area contributed by atoms with Gasteiger partial charge in [-0.25, -0.2) is 27.6 Å². The number of carbonyl (C=O) groups excluding carboxylic acids is 4. The van der Waals surface area contributed by atoms with Gasteiger partial charge in [-0.2, -0.15) is 0 Å². The molecular weight excluding hydrogens is 773 g/mol. The number of anilines is 6. The van der Waals surface area contributed by atoms with Crippen LogP contribution >= 0.6 is 0 Å². The lowest BCUT2D eigenvalue weighted by atomic mass is 10.2. The summed E-state index contributed by atoms with van der Waals surface area (Å²) in [7, 11) is -3.95. The fourth-order valence-corrected chi connectivity index (χ4v) is 6.83. The molecule has 0 fully saturated rings. The Morgan fingerprint density at radius 2 is 0.780 bits per heavy atom. The molecule has 6 amide bonds. The fraction of sp³-hybridized carbons (Fsp3) is 0.0909. The van der Waals surface area contributed by atoms with E-state index in [0.29, 0.717) is 34.1 Å². The highest BCUT2D eigenvalue weighted by atomic mass is 32.2. The summed E-state index contributed by atoms with van der Waals surface area (Å²) in [5, 5.41) is 16.1. The molecule has 0 saturated heterocycles. The molecule has 6 aromatic rings. The van der Waals surface area contributed by atoms with Crippen molar-refractivity contribution in [3.63, 3.8) is 0 Å². The van der Waals surface area contributed by atoms with E-state index in [1.54, 1.807) is 50.2 Å². The number of sulfone groups is 1. The zero-order chi connectivity index (χ0) is 41.8. The predicted octanol–water partition coefficient (Wildman–Crippen LogP) is 9.92. The number of amides is 6. The van der Waals surface area contributed by atoms with Gasteiger partial charge in [-0.15, -0.1) is 0 Å². The number of carbonyl (C=O) groups is 4. The van der Waals surface area contributed by atoms with E-state index in [1.807, 2.05) is 60.7 Å². The van der Waals surface area contributed by atoms with Crippen molar-refractivity contribution in [2.45, 2.75) is 36.9 Å². The summed E-state index contributed by atoms with van der Waals surface area (Å²) in [6, 6.07) is 38.6. The topological polar surface area (TPSA) is 193 Å². The van der Waals surface area contributed by atoms with Crippen LogP contribution in [0, 0.1) is 13.8 Å². The molecule has 0 aliphatic carbocycles. The molecule has 0 radical (unpaired) electrons. The Morgan fingerprint density at radius 1 is 0.441 bits per heavy atom. The lowest BCUT2D eigenvalue weighted by Crippen LogP contribution is -2.20. The zero-order valence-electron chi connectivity index (χ0n) is 31.9. The van der Waals surface area contributed by atoms with Gasteiger partial charge < -0.3 is 30.7 Å². The van der Waals surface area contributed by atoms with Crippen LogP contribution in [0.3, 0.4) is 0 Å². The smallest absolute Gasteiger partial charge is 0.411 e. The molecule has 6 N–H and O–H groups in total. The largest absolute Gasteiger partial charge is 0.444 e. The van der Waals surface area contributed by atoms with Crippen LogP contribution in [0.1, 0.15) is 22.3 Å². The first-order chi connectivity index (χ1) is 28.4. The van der Waals surface area contributed by atoms with Gasteiger partial charge in [0, 0.05) is 34.1 Å². The molecule has 0 saturated carbocycles. The summed E-state index contributed by atoms with van der Waals surface area (Å²) in [6.07, 6.45) is -1.29. The van der Waals surface area contributed by atoms with E-state index in [2.05, 4.69) is 31.9 Å². The molecule has 0 atom stereocenters. The molecule has 0 spiro atoms. The average molecular weight is 813 g/mol. The summed E-state index contributed by atoms with van der Waals surface area (Å²) >= 11 is 0. The van der Waals surface area contributed by atoms with Crippen LogP contribution in [0.2, 0.25) is 0 Å². The number of hydrogen-bond acceptors (Lipinski definition) is 8. The second kappa shape index (κ2) is 19.0. The Morgan fingerprint density at radius 3 is 1.15 bits per heavy atom. The summed E-state index contributed by atoms with van der Waals surface area (Å²) in [5.41, 5.74) is 5.56. The third kappa shape index (κ3) is 11.7. The Hall–Kier alpha value is -7.65. The molecule has 6 rings (SSSR count). The van der Waals surface area contributed by atoms with Crippen LogP contribution in [0.15, 0.2) is 155 Å². The highest BCUT2D eigenvalue weighted by Crippen LogP contribution is 2.26. The van der Waals surface area contributed by atoms with Gasteiger partial charge in [0.05, 0.1) is 9.79 Å². The highest BCUT2D eigenvalue weighted by Gasteiger charge is 2.18. The van der Waals surface area contributed by atoms with Crippen LogP contribution in [-0.4, -0.2) is 32.7 Å². The summed E-state index contributed by atoms with van der Waals surface area (Å²) in [5.74, 6) is 0. The van der Waals surface area contributed by atoms with Gasteiger partial charge in [0.15, 0.2) is 0 Å². The van der Waals surface area contributed by atoms with E-state index < -0.39 is 34.1 Å². The summed E-state index contributed by atoms with van der Waals surface area (Å²) in [6.45, 7) is 3.81. The zero-order valence-corrected chi connectivity index (χ0v) is 32.8. The van der Waals surface area contributed by atoms with E-state index >= 15 is 0 Å². The minimum Gasteiger partial charge on any atom is -0.444 e. The second-order valence-electron chi connectivity index (χ2n) is 13.1. The van der Waals surface area contributed by atoms with E-state index in [0.717, 1.165) is 22.3 Å².